The van der Waals surface area contributed by atoms with Crippen molar-refractivity contribution in [3.8, 4) is 17.4 Å². The molecule has 1 heterocycles. The molecule has 0 N–H and O–H groups in total. The highest BCUT2D eigenvalue weighted by Crippen LogP contribution is 2.23. The molecular formula is C15H15NO4. The lowest BCUT2D eigenvalue weighted by Crippen LogP contribution is -2.04. The first-order valence-electron chi connectivity index (χ1n) is 6.18. The first-order valence-corrected chi connectivity index (χ1v) is 6.18. The number of nitrogens with zero attached hydrogens (tertiary/aromatic N) is 1. The van der Waals surface area contributed by atoms with E-state index in [1.807, 2.05) is 0 Å². The van der Waals surface area contributed by atoms with Crippen LogP contribution in [0.2, 0.25) is 0 Å². The molecule has 0 amide bonds. The number of benzene rings is 1. The molecule has 0 saturated heterocycles. The molecule has 5 nitrogen and oxygen atoms in total. The minimum absolute atomic E-state index is 0.343. The van der Waals surface area contributed by atoms with Crippen molar-refractivity contribution in [3.63, 3.8) is 0 Å². The van der Waals surface area contributed by atoms with E-state index in [-0.39, 0.29) is 5.97 Å². The highest BCUT2D eigenvalue weighted by Gasteiger charge is 2.06. The summed E-state index contributed by atoms with van der Waals surface area (Å²) in [5.74, 6) is 1.36. The summed E-state index contributed by atoms with van der Waals surface area (Å²) in [7, 11) is 1.54. The third kappa shape index (κ3) is 3.47. The molecule has 1 aromatic carbocycles. The lowest BCUT2D eigenvalue weighted by atomic mass is 10.2. The number of ether oxygens (including phenoxy) is 3. The van der Waals surface area contributed by atoms with E-state index in [1.165, 1.54) is 0 Å². The maximum Gasteiger partial charge on any atom is 0.338 e. The van der Waals surface area contributed by atoms with Crippen molar-refractivity contribution in [2.45, 2.75) is 6.92 Å². The molecule has 0 aliphatic heterocycles. The normalized spacial score (nSPS) is 9.90. The van der Waals surface area contributed by atoms with Gasteiger partial charge in [-0.05, 0) is 37.3 Å². The first-order chi connectivity index (χ1) is 9.72. The Morgan fingerprint density at radius 1 is 1.15 bits per heavy atom. The number of aromatic nitrogens is 1. The lowest BCUT2D eigenvalue weighted by Gasteiger charge is -2.07. The topological polar surface area (TPSA) is 57.7 Å². The highest BCUT2D eigenvalue weighted by molar-refractivity contribution is 5.89. The predicted octanol–water partition coefficient (Wildman–Crippen LogP) is 3.06. The quantitative estimate of drug-likeness (QED) is 0.784. The molecule has 0 unspecified atom stereocenters. The second kappa shape index (κ2) is 6.56. The third-order valence-corrected chi connectivity index (χ3v) is 2.52. The van der Waals surface area contributed by atoms with E-state index < -0.39 is 0 Å². The van der Waals surface area contributed by atoms with Gasteiger partial charge in [-0.2, -0.15) is 0 Å². The Balaban J connectivity index is 2.08. The average molecular weight is 273 g/mol. The Morgan fingerprint density at radius 3 is 2.55 bits per heavy atom. The average Bonchev–Trinajstić information content (AvgIpc) is 2.48. The Labute approximate surface area is 117 Å². The molecule has 20 heavy (non-hydrogen) atoms. The molecule has 2 aromatic rings. The van der Waals surface area contributed by atoms with Gasteiger partial charge in [0, 0.05) is 12.3 Å². The zero-order valence-electron chi connectivity index (χ0n) is 11.3. The minimum atomic E-state index is -0.343. The van der Waals surface area contributed by atoms with Crippen molar-refractivity contribution in [1.82, 2.24) is 4.98 Å². The van der Waals surface area contributed by atoms with Crippen LogP contribution in [0, 0.1) is 0 Å². The van der Waals surface area contributed by atoms with Crippen molar-refractivity contribution in [2.24, 2.45) is 0 Å². The summed E-state index contributed by atoms with van der Waals surface area (Å²) in [6.45, 7) is 2.13. The van der Waals surface area contributed by atoms with Crippen LogP contribution in [0.3, 0.4) is 0 Å². The summed E-state index contributed by atoms with van der Waals surface area (Å²) in [6, 6.07) is 10.1. The molecule has 2 rings (SSSR count). The van der Waals surface area contributed by atoms with Crippen LogP contribution in [0.4, 0.5) is 0 Å². The summed E-state index contributed by atoms with van der Waals surface area (Å²) in [5, 5.41) is 0. The van der Waals surface area contributed by atoms with Crippen molar-refractivity contribution in [3.05, 3.63) is 48.2 Å². The Morgan fingerprint density at radius 2 is 1.90 bits per heavy atom. The van der Waals surface area contributed by atoms with E-state index >= 15 is 0 Å². The fourth-order valence-electron chi connectivity index (χ4n) is 1.58. The van der Waals surface area contributed by atoms with E-state index in [1.54, 1.807) is 56.6 Å². The van der Waals surface area contributed by atoms with E-state index in [0.29, 0.717) is 29.5 Å². The van der Waals surface area contributed by atoms with Crippen LogP contribution in [0.5, 0.6) is 17.4 Å². The SMILES string of the molecule is CCOC(=O)c1ccc(Oc2ccnc(OC)c2)cc1. The van der Waals surface area contributed by atoms with Gasteiger partial charge in [0.1, 0.15) is 11.5 Å². The van der Waals surface area contributed by atoms with Gasteiger partial charge in [0.05, 0.1) is 19.3 Å². The number of carbonyl (C=O) groups excluding carboxylic acids is 1. The third-order valence-electron chi connectivity index (χ3n) is 2.52. The van der Waals surface area contributed by atoms with Crippen LogP contribution < -0.4 is 9.47 Å². The van der Waals surface area contributed by atoms with Crippen LogP contribution in [0.25, 0.3) is 0 Å². The summed E-state index contributed by atoms with van der Waals surface area (Å²) < 4.78 is 15.6. The van der Waals surface area contributed by atoms with Gasteiger partial charge in [0.25, 0.3) is 0 Å². The standard InChI is InChI=1S/C15H15NO4/c1-3-19-15(17)11-4-6-12(7-5-11)20-13-8-9-16-14(10-13)18-2/h4-10H,3H2,1-2H3. The second-order valence-electron chi connectivity index (χ2n) is 3.88. The number of carbonyl (C=O) groups is 1. The molecule has 1 aromatic heterocycles. The number of pyridine rings is 1. The summed E-state index contributed by atoms with van der Waals surface area (Å²) in [5.41, 5.74) is 0.492. The summed E-state index contributed by atoms with van der Waals surface area (Å²) >= 11 is 0. The zero-order chi connectivity index (χ0) is 14.4. The zero-order valence-corrected chi connectivity index (χ0v) is 11.3. The van der Waals surface area contributed by atoms with Crippen LogP contribution in [-0.4, -0.2) is 24.7 Å². The van der Waals surface area contributed by atoms with Crippen molar-refractivity contribution >= 4 is 5.97 Å². The van der Waals surface area contributed by atoms with Crippen molar-refractivity contribution < 1.29 is 19.0 Å². The molecular weight excluding hydrogens is 258 g/mol. The fourth-order valence-corrected chi connectivity index (χ4v) is 1.58. The number of hydrogen-bond donors (Lipinski definition) is 0. The van der Waals surface area contributed by atoms with E-state index in [0.717, 1.165) is 0 Å². The predicted molar refractivity (Wildman–Crippen MR) is 73.3 cm³/mol. The molecule has 0 atom stereocenters. The Bertz CT molecular complexity index is 581. The van der Waals surface area contributed by atoms with Crippen molar-refractivity contribution in [1.29, 1.82) is 0 Å². The van der Waals surface area contributed by atoms with Crippen LogP contribution >= 0.6 is 0 Å². The molecule has 5 heteroatoms. The molecule has 0 aliphatic rings. The summed E-state index contributed by atoms with van der Waals surface area (Å²) in [4.78, 5) is 15.5. The van der Waals surface area contributed by atoms with E-state index in [2.05, 4.69) is 4.98 Å². The smallest absolute Gasteiger partial charge is 0.338 e. The lowest BCUT2D eigenvalue weighted by molar-refractivity contribution is 0.0526. The van der Waals surface area contributed by atoms with Crippen LogP contribution in [0.15, 0.2) is 42.6 Å². The molecule has 0 radical (unpaired) electrons. The highest BCUT2D eigenvalue weighted by atomic mass is 16.5. The number of hydrogen-bond acceptors (Lipinski definition) is 5. The Hall–Kier alpha value is -2.56. The van der Waals surface area contributed by atoms with Crippen LogP contribution in [0.1, 0.15) is 17.3 Å². The molecule has 104 valence electrons. The molecule has 0 spiro atoms. The molecule has 0 bridgehead atoms. The van der Waals surface area contributed by atoms with Gasteiger partial charge in [-0.1, -0.05) is 0 Å². The second-order valence-corrected chi connectivity index (χ2v) is 3.88. The molecule has 0 aliphatic carbocycles. The van der Waals surface area contributed by atoms with E-state index in [4.69, 9.17) is 14.2 Å². The Kier molecular flexibility index (Phi) is 4.55. The minimum Gasteiger partial charge on any atom is -0.481 e. The summed E-state index contributed by atoms with van der Waals surface area (Å²) in [6.07, 6.45) is 1.60. The van der Waals surface area contributed by atoms with Gasteiger partial charge in [-0.15, -0.1) is 0 Å². The first kappa shape index (κ1) is 13.9. The number of esters is 1. The molecule has 0 fully saturated rings. The van der Waals surface area contributed by atoms with Gasteiger partial charge in [-0.3, -0.25) is 0 Å². The monoisotopic (exact) mass is 273 g/mol. The molecule has 0 saturated carbocycles. The van der Waals surface area contributed by atoms with Gasteiger partial charge >= 0.3 is 5.97 Å². The van der Waals surface area contributed by atoms with Gasteiger partial charge < -0.3 is 14.2 Å². The van der Waals surface area contributed by atoms with Gasteiger partial charge in [0.2, 0.25) is 5.88 Å². The number of rotatable bonds is 5. The maximum atomic E-state index is 11.5. The van der Waals surface area contributed by atoms with Gasteiger partial charge in [0.15, 0.2) is 0 Å². The fraction of sp³-hybridized carbons (Fsp3) is 0.200. The van der Waals surface area contributed by atoms with Gasteiger partial charge in [-0.25, -0.2) is 9.78 Å². The maximum absolute atomic E-state index is 11.5. The van der Waals surface area contributed by atoms with Crippen molar-refractivity contribution in [2.75, 3.05) is 13.7 Å². The number of methoxy groups -OCH3 is 1. The van der Waals surface area contributed by atoms with Crippen LogP contribution in [-0.2, 0) is 4.74 Å². The largest absolute Gasteiger partial charge is 0.481 e. The van der Waals surface area contributed by atoms with E-state index in [9.17, 15) is 4.79 Å².